The largest absolute Gasteiger partial charge is 0.479 e. The SMILES string of the molecule is CC1(C)CCN(c2c(-c3ccc4c(c3)CCN(c3ncnc5c3oc3ncccc35)C4)c(C=O)nc(Cl)c2C(OC(C)(C)C)C(=O)O)CC1. The molecule has 1 aromatic carbocycles. The number of ether oxygens (including phenoxy) is 1. The van der Waals surface area contributed by atoms with Gasteiger partial charge in [0.25, 0.3) is 0 Å². The number of aldehydes is 1. The number of hydrogen-bond donors (Lipinski definition) is 1. The Bertz CT molecular complexity index is 2100. The van der Waals surface area contributed by atoms with Crippen LogP contribution < -0.4 is 9.80 Å². The molecule has 0 amide bonds. The molecule has 0 aliphatic carbocycles. The van der Waals surface area contributed by atoms with Crippen molar-refractivity contribution in [3.8, 4) is 11.1 Å². The smallest absolute Gasteiger partial charge is 0.337 e. The van der Waals surface area contributed by atoms with E-state index in [-0.39, 0.29) is 21.8 Å². The van der Waals surface area contributed by atoms with E-state index in [0.29, 0.717) is 67.3 Å². The highest BCUT2D eigenvalue weighted by Gasteiger charge is 2.38. The number of nitrogens with zero attached hydrogens (tertiary/aromatic N) is 6. The highest BCUT2D eigenvalue weighted by molar-refractivity contribution is 6.31. The van der Waals surface area contributed by atoms with Crippen molar-refractivity contribution in [2.75, 3.05) is 29.4 Å². The maximum atomic E-state index is 12.8. The maximum absolute atomic E-state index is 12.8. The van der Waals surface area contributed by atoms with Crippen molar-refractivity contribution in [3.63, 3.8) is 0 Å². The predicted molar refractivity (Wildman–Crippen MR) is 188 cm³/mol. The molecule has 0 saturated carbocycles. The van der Waals surface area contributed by atoms with Gasteiger partial charge in [-0.25, -0.2) is 24.7 Å². The van der Waals surface area contributed by atoms with Gasteiger partial charge in [0.2, 0.25) is 5.71 Å². The summed E-state index contributed by atoms with van der Waals surface area (Å²) in [6, 6.07) is 9.92. The summed E-state index contributed by atoms with van der Waals surface area (Å²) in [5.41, 5.74) is 5.76. The van der Waals surface area contributed by atoms with Crippen LogP contribution in [0.5, 0.6) is 0 Å². The number of carbonyl (C=O) groups is 2. The summed E-state index contributed by atoms with van der Waals surface area (Å²) in [5, 5.41) is 11.3. The van der Waals surface area contributed by atoms with Crippen LogP contribution in [0.3, 0.4) is 0 Å². The van der Waals surface area contributed by atoms with Gasteiger partial charge in [-0.3, -0.25) is 4.79 Å². The number of benzene rings is 1. The number of piperidine rings is 1. The molecule has 1 fully saturated rings. The van der Waals surface area contributed by atoms with Crippen LogP contribution >= 0.6 is 11.6 Å². The van der Waals surface area contributed by atoms with Crippen molar-refractivity contribution in [3.05, 3.63) is 70.4 Å². The molecule has 254 valence electrons. The van der Waals surface area contributed by atoms with Gasteiger partial charge >= 0.3 is 5.97 Å². The zero-order chi connectivity index (χ0) is 34.7. The molecule has 0 bridgehead atoms. The van der Waals surface area contributed by atoms with Gasteiger partial charge in [0, 0.05) is 37.9 Å². The molecule has 11 nitrogen and oxygen atoms in total. The highest BCUT2D eigenvalue weighted by atomic mass is 35.5. The number of carboxylic acid groups (broad SMARTS) is 1. The van der Waals surface area contributed by atoms with Gasteiger partial charge in [-0.2, -0.15) is 0 Å². The van der Waals surface area contributed by atoms with Crippen molar-refractivity contribution in [2.24, 2.45) is 5.41 Å². The fraction of sp³-hybridized carbons (Fsp3) is 0.405. The summed E-state index contributed by atoms with van der Waals surface area (Å²) in [6.07, 6.45) is 5.03. The minimum atomic E-state index is -1.39. The third kappa shape index (κ3) is 6.21. The highest BCUT2D eigenvalue weighted by Crippen LogP contribution is 2.46. The van der Waals surface area contributed by atoms with E-state index in [9.17, 15) is 14.7 Å². The Balaban J connectivity index is 1.32. The van der Waals surface area contributed by atoms with E-state index >= 15 is 0 Å². The summed E-state index contributed by atoms with van der Waals surface area (Å²) in [4.78, 5) is 47.7. The van der Waals surface area contributed by atoms with Crippen LogP contribution in [0.15, 0.2) is 47.3 Å². The van der Waals surface area contributed by atoms with Crippen LogP contribution in [0.2, 0.25) is 5.15 Å². The molecule has 0 radical (unpaired) electrons. The quantitative estimate of drug-likeness (QED) is 0.136. The molecule has 0 spiro atoms. The summed E-state index contributed by atoms with van der Waals surface area (Å²) in [5.74, 6) is -0.465. The molecule has 2 aliphatic heterocycles. The first-order valence-corrected chi connectivity index (χ1v) is 16.9. The number of aliphatic carboxylic acids is 1. The van der Waals surface area contributed by atoms with E-state index in [1.54, 1.807) is 33.3 Å². The lowest BCUT2D eigenvalue weighted by molar-refractivity contribution is -0.160. The van der Waals surface area contributed by atoms with E-state index in [0.717, 1.165) is 40.4 Å². The molecule has 2 aliphatic rings. The zero-order valence-electron chi connectivity index (χ0n) is 28.3. The molecule has 1 unspecified atom stereocenters. The van der Waals surface area contributed by atoms with Crippen LogP contribution in [0.25, 0.3) is 33.3 Å². The van der Waals surface area contributed by atoms with Crippen LogP contribution in [0.1, 0.15) is 80.7 Å². The fourth-order valence-electron chi connectivity index (χ4n) is 6.94. The molecule has 1 atom stereocenters. The van der Waals surface area contributed by atoms with Crippen LogP contribution in [-0.2, 0) is 22.5 Å². The van der Waals surface area contributed by atoms with E-state index in [1.165, 1.54) is 0 Å². The number of carboxylic acids is 1. The number of fused-ring (bicyclic) bond motifs is 4. The van der Waals surface area contributed by atoms with Crippen molar-refractivity contribution >= 4 is 57.6 Å². The second kappa shape index (κ2) is 12.4. The third-order valence-corrected chi connectivity index (χ3v) is 9.80. The van der Waals surface area contributed by atoms with Gasteiger partial charge < -0.3 is 24.1 Å². The van der Waals surface area contributed by atoms with Crippen molar-refractivity contribution in [1.29, 1.82) is 0 Å². The zero-order valence-corrected chi connectivity index (χ0v) is 29.0. The maximum Gasteiger partial charge on any atom is 0.337 e. The van der Waals surface area contributed by atoms with Crippen LogP contribution in [-0.4, -0.2) is 62.5 Å². The Morgan fingerprint density at radius 3 is 2.57 bits per heavy atom. The minimum absolute atomic E-state index is 0.0483. The summed E-state index contributed by atoms with van der Waals surface area (Å²) < 4.78 is 12.2. The average Bonchev–Trinajstić information content (AvgIpc) is 3.45. The van der Waals surface area contributed by atoms with E-state index in [4.69, 9.17) is 20.8 Å². The van der Waals surface area contributed by atoms with Crippen molar-refractivity contribution < 1.29 is 23.8 Å². The van der Waals surface area contributed by atoms with Gasteiger partial charge in [0.15, 0.2) is 23.8 Å². The van der Waals surface area contributed by atoms with Crippen LogP contribution in [0, 0.1) is 5.41 Å². The summed E-state index contributed by atoms with van der Waals surface area (Å²) >= 11 is 6.81. The normalized spacial score (nSPS) is 16.9. The van der Waals surface area contributed by atoms with Crippen LogP contribution in [0.4, 0.5) is 11.5 Å². The molecule has 4 aromatic heterocycles. The predicted octanol–water partition coefficient (Wildman–Crippen LogP) is 7.43. The second-order valence-corrected chi connectivity index (χ2v) is 15.0. The Morgan fingerprint density at radius 1 is 1.08 bits per heavy atom. The van der Waals surface area contributed by atoms with Gasteiger partial charge in [-0.1, -0.05) is 43.6 Å². The molecule has 1 saturated heterocycles. The standard InChI is InChI=1S/C37H39ClN6O5/c1-36(2,3)49-30(35(46)47)27-29(43-15-11-37(4,5)12-16-43)26(25(19-45)42-32(27)38)22-8-9-23-18-44(14-10-21(23)17-22)33-31-28(40-20-41-33)24-7-6-13-39-34(24)48-31/h6-9,13,17,19-20,30H,10-12,14-16,18H2,1-5H3,(H,46,47). The number of aromatic nitrogens is 4. The lowest BCUT2D eigenvalue weighted by Crippen LogP contribution is -2.39. The molecule has 49 heavy (non-hydrogen) atoms. The molecule has 6 heterocycles. The molecule has 5 aromatic rings. The topological polar surface area (TPSA) is 135 Å². The summed E-state index contributed by atoms with van der Waals surface area (Å²) in [7, 11) is 0. The van der Waals surface area contributed by atoms with Gasteiger partial charge in [0.1, 0.15) is 22.7 Å². The molecule has 7 rings (SSSR count). The minimum Gasteiger partial charge on any atom is -0.479 e. The number of carbonyl (C=O) groups excluding carboxylic acids is 1. The van der Waals surface area contributed by atoms with Crippen molar-refractivity contribution in [2.45, 2.75) is 72.1 Å². The third-order valence-electron chi connectivity index (χ3n) is 9.51. The van der Waals surface area contributed by atoms with Gasteiger partial charge in [0.05, 0.1) is 22.2 Å². The lowest BCUT2D eigenvalue weighted by Gasteiger charge is -2.41. The number of hydrogen-bond acceptors (Lipinski definition) is 10. The fourth-order valence-corrected chi connectivity index (χ4v) is 7.22. The number of halogens is 1. The monoisotopic (exact) mass is 682 g/mol. The molecule has 12 heteroatoms. The lowest BCUT2D eigenvalue weighted by atomic mass is 9.82. The molecule has 1 N–H and O–H groups in total. The Morgan fingerprint density at radius 2 is 1.86 bits per heavy atom. The Labute approximate surface area is 289 Å². The second-order valence-electron chi connectivity index (χ2n) is 14.6. The van der Waals surface area contributed by atoms with E-state index in [2.05, 4.69) is 55.7 Å². The number of anilines is 2. The van der Waals surface area contributed by atoms with Gasteiger partial charge in [-0.05, 0) is 74.3 Å². The Hall–Kier alpha value is -4.61. The molecular weight excluding hydrogens is 644 g/mol. The van der Waals surface area contributed by atoms with Gasteiger partial charge in [-0.15, -0.1) is 0 Å². The van der Waals surface area contributed by atoms with Crippen molar-refractivity contribution in [1.82, 2.24) is 19.9 Å². The number of pyridine rings is 2. The first-order chi connectivity index (χ1) is 23.3. The Kier molecular flexibility index (Phi) is 8.31. The number of rotatable bonds is 7. The first kappa shape index (κ1) is 32.9. The summed E-state index contributed by atoms with van der Waals surface area (Å²) in [6.45, 7) is 12.5. The van der Waals surface area contributed by atoms with E-state index in [1.807, 2.05) is 18.2 Å². The number of furan rings is 1. The molecular formula is C37H39ClN6O5. The average molecular weight is 683 g/mol. The van der Waals surface area contributed by atoms with E-state index < -0.39 is 17.7 Å². The first-order valence-electron chi connectivity index (χ1n) is 16.5.